The predicted molar refractivity (Wildman–Crippen MR) is 78.4 cm³/mol. The Morgan fingerprint density at radius 1 is 1.26 bits per heavy atom. The molecule has 4 nitrogen and oxygen atoms in total. The molecule has 0 aliphatic rings. The summed E-state index contributed by atoms with van der Waals surface area (Å²) in [5.74, 6) is 0.0571. The van der Waals surface area contributed by atoms with Crippen LogP contribution in [0.2, 0.25) is 0 Å². The van der Waals surface area contributed by atoms with Crippen LogP contribution in [0, 0.1) is 0 Å². The van der Waals surface area contributed by atoms with Gasteiger partial charge in [-0.3, -0.25) is 9.59 Å². The van der Waals surface area contributed by atoms with Gasteiger partial charge in [-0.05, 0) is 31.0 Å². The van der Waals surface area contributed by atoms with Crippen LogP contribution in [0.3, 0.4) is 0 Å². The number of esters is 1. The lowest BCUT2D eigenvalue weighted by molar-refractivity contribution is -0.139. The fourth-order valence-corrected chi connectivity index (χ4v) is 2.11. The van der Waals surface area contributed by atoms with Crippen LogP contribution in [0.15, 0.2) is 24.3 Å². The van der Waals surface area contributed by atoms with E-state index in [1.54, 1.807) is 6.92 Å². The Balaban J connectivity index is 2.32. The van der Waals surface area contributed by atoms with E-state index in [4.69, 9.17) is 4.74 Å². The number of benzene rings is 1. The van der Waals surface area contributed by atoms with E-state index in [0.717, 1.165) is 12.1 Å². The molecule has 1 aromatic carbocycles. The summed E-state index contributed by atoms with van der Waals surface area (Å²) in [6, 6.07) is 7.74. The minimum absolute atomic E-state index is 0.109. The van der Waals surface area contributed by atoms with Gasteiger partial charge in [0, 0.05) is 5.69 Å². The van der Waals surface area contributed by atoms with E-state index in [1.165, 1.54) is 17.3 Å². The summed E-state index contributed by atoms with van der Waals surface area (Å²) in [6.07, 6.45) is 0.932. The highest BCUT2D eigenvalue weighted by Crippen LogP contribution is 2.12. The van der Waals surface area contributed by atoms with Gasteiger partial charge in [0.05, 0.1) is 18.1 Å². The minimum Gasteiger partial charge on any atom is -0.465 e. The van der Waals surface area contributed by atoms with Crippen molar-refractivity contribution in [2.45, 2.75) is 20.3 Å². The van der Waals surface area contributed by atoms with Gasteiger partial charge >= 0.3 is 5.97 Å². The minimum atomic E-state index is -0.284. The first-order chi connectivity index (χ1) is 9.15. The van der Waals surface area contributed by atoms with E-state index in [-0.39, 0.29) is 23.4 Å². The summed E-state index contributed by atoms with van der Waals surface area (Å²) >= 11 is 1.25. The Morgan fingerprint density at radius 2 is 2.05 bits per heavy atom. The molecule has 5 heteroatoms. The van der Waals surface area contributed by atoms with Crippen molar-refractivity contribution < 1.29 is 14.3 Å². The number of amides is 1. The average Bonchev–Trinajstić information content (AvgIpc) is 2.39. The van der Waals surface area contributed by atoms with Crippen LogP contribution < -0.4 is 5.32 Å². The lowest BCUT2D eigenvalue weighted by Crippen LogP contribution is -2.16. The van der Waals surface area contributed by atoms with E-state index in [1.807, 2.05) is 24.3 Å². The number of carbonyl (C=O) groups excluding carboxylic acids is 2. The third kappa shape index (κ3) is 6.29. The molecule has 1 amide bonds. The van der Waals surface area contributed by atoms with Gasteiger partial charge in [0.15, 0.2) is 0 Å². The molecule has 0 fully saturated rings. The van der Waals surface area contributed by atoms with E-state index >= 15 is 0 Å². The molecule has 0 saturated carbocycles. The molecule has 0 bridgehead atoms. The molecular weight excluding hydrogens is 262 g/mol. The maximum atomic E-state index is 11.7. The summed E-state index contributed by atoms with van der Waals surface area (Å²) in [7, 11) is 0. The molecule has 0 heterocycles. The molecule has 1 N–H and O–H groups in total. The van der Waals surface area contributed by atoms with Crippen molar-refractivity contribution in [3.8, 4) is 0 Å². The van der Waals surface area contributed by atoms with Gasteiger partial charge in [0.25, 0.3) is 0 Å². The van der Waals surface area contributed by atoms with Crippen LogP contribution in [0.4, 0.5) is 5.69 Å². The number of ether oxygens (including phenoxy) is 1. The molecule has 0 unspecified atom stereocenters. The molecule has 0 aromatic heterocycles. The normalized spacial score (nSPS) is 10.0. The van der Waals surface area contributed by atoms with Crippen molar-refractivity contribution in [3.05, 3.63) is 29.8 Å². The summed E-state index contributed by atoms with van der Waals surface area (Å²) in [6.45, 7) is 4.20. The molecule has 19 heavy (non-hydrogen) atoms. The van der Waals surface area contributed by atoms with Crippen LogP contribution >= 0.6 is 11.8 Å². The predicted octanol–water partition coefficient (Wildman–Crippen LogP) is 2.48. The van der Waals surface area contributed by atoms with Crippen molar-refractivity contribution in [1.29, 1.82) is 0 Å². The van der Waals surface area contributed by atoms with Gasteiger partial charge in [-0.2, -0.15) is 0 Å². The second-order valence-electron chi connectivity index (χ2n) is 3.90. The SMILES string of the molecule is CCOC(=O)CSCC(=O)Nc1cccc(CC)c1. The summed E-state index contributed by atoms with van der Waals surface area (Å²) in [4.78, 5) is 22.8. The van der Waals surface area contributed by atoms with Crippen LogP contribution in [0.25, 0.3) is 0 Å². The zero-order valence-corrected chi connectivity index (χ0v) is 12.1. The Bertz CT molecular complexity index is 434. The Hall–Kier alpha value is -1.49. The number of carbonyl (C=O) groups is 2. The molecular formula is C14H19NO3S. The van der Waals surface area contributed by atoms with Gasteiger partial charge < -0.3 is 10.1 Å². The van der Waals surface area contributed by atoms with Crippen LogP contribution in [-0.2, 0) is 20.7 Å². The van der Waals surface area contributed by atoms with E-state index < -0.39 is 0 Å². The summed E-state index contributed by atoms with van der Waals surface area (Å²) in [5, 5.41) is 2.81. The van der Waals surface area contributed by atoms with Gasteiger partial charge in [0.1, 0.15) is 0 Å². The van der Waals surface area contributed by atoms with E-state index in [0.29, 0.717) is 6.61 Å². The van der Waals surface area contributed by atoms with Crippen LogP contribution in [0.5, 0.6) is 0 Å². The first-order valence-electron chi connectivity index (χ1n) is 6.27. The molecule has 104 valence electrons. The first-order valence-corrected chi connectivity index (χ1v) is 7.43. The maximum Gasteiger partial charge on any atom is 0.315 e. The Morgan fingerprint density at radius 3 is 2.74 bits per heavy atom. The number of nitrogens with one attached hydrogen (secondary N) is 1. The highest BCUT2D eigenvalue weighted by Gasteiger charge is 2.06. The number of hydrogen-bond donors (Lipinski definition) is 1. The summed E-state index contributed by atoms with van der Waals surface area (Å²) in [5.41, 5.74) is 1.97. The van der Waals surface area contributed by atoms with E-state index in [9.17, 15) is 9.59 Å². The molecule has 0 saturated heterocycles. The lowest BCUT2D eigenvalue weighted by Gasteiger charge is -2.06. The smallest absolute Gasteiger partial charge is 0.315 e. The number of thioether (sulfide) groups is 1. The van der Waals surface area contributed by atoms with Gasteiger partial charge in [-0.15, -0.1) is 11.8 Å². The molecule has 0 atom stereocenters. The number of rotatable bonds is 7. The third-order valence-electron chi connectivity index (χ3n) is 2.38. The fraction of sp³-hybridized carbons (Fsp3) is 0.429. The van der Waals surface area contributed by atoms with Crippen molar-refractivity contribution in [1.82, 2.24) is 0 Å². The quantitative estimate of drug-likeness (QED) is 0.780. The van der Waals surface area contributed by atoms with Crippen molar-refractivity contribution >= 4 is 29.3 Å². The zero-order chi connectivity index (χ0) is 14.1. The first kappa shape index (κ1) is 15.6. The zero-order valence-electron chi connectivity index (χ0n) is 11.3. The lowest BCUT2D eigenvalue weighted by atomic mass is 10.1. The highest BCUT2D eigenvalue weighted by atomic mass is 32.2. The second kappa shape index (κ2) is 8.58. The highest BCUT2D eigenvalue weighted by molar-refractivity contribution is 8.00. The maximum absolute atomic E-state index is 11.7. The molecule has 0 aliphatic carbocycles. The molecule has 1 rings (SSSR count). The van der Waals surface area contributed by atoms with E-state index in [2.05, 4.69) is 12.2 Å². The van der Waals surface area contributed by atoms with Crippen LogP contribution in [-0.4, -0.2) is 30.0 Å². The average molecular weight is 281 g/mol. The van der Waals surface area contributed by atoms with Gasteiger partial charge in [-0.1, -0.05) is 19.1 Å². The summed E-state index contributed by atoms with van der Waals surface area (Å²) < 4.78 is 4.78. The Labute approximate surface area is 117 Å². The molecule has 0 spiro atoms. The van der Waals surface area contributed by atoms with Crippen molar-refractivity contribution in [2.24, 2.45) is 0 Å². The van der Waals surface area contributed by atoms with Crippen LogP contribution in [0.1, 0.15) is 19.4 Å². The number of hydrogen-bond acceptors (Lipinski definition) is 4. The Kier molecular flexibility index (Phi) is 7.03. The number of aryl methyl sites for hydroxylation is 1. The largest absolute Gasteiger partial charge is 0.465 e. The molecule has 0 aliphatic heterocycles. The van der Waals surface area contributed by atoms with Gasteiger partial charge in [-0.25, -0.2) is 0 Å². The molecule has 0 radical (unpaired) electrons. The van der Waals surface area contributed by atoms with Gasteiger partial charge in [0.2, 0.25) is 5.91 Å². The number of anilines is 1. The standard InChI is InChI=1S/C14H19NO3S/c1-3-11-6-5-7-12(8-11)15-13(16)9-19-10-14(17)18-4-2/h5-8H,3-4,9-10H2,1-2H3,(H,15,16). The third-order valence-corrected chi connectivity index (χ3v) is 3.28. The monoisotopic (exact) mass is 281 g/mol. The van der Waals surface area contributed by atoms with Crippen molar-refractivity contribution in [2.75, 3.05) is 23.4 Å². The van der Waals surface area contributed by atoms with Crippen molar-refractivity contribution in [3.63, 3.8) is 0 Å². The molecule has 1 aromatic rings. The fourth-order valence-electron chi connectivity index (χ4n) is 1.50. The second-order valence-corrected chi connectivity index (χ2v) is 4.89. The topological polar surface area (TPSA) is 55.4 Å².